The van der Waals surface area contributed by atoms with Crippen molar-refractivity contribution in [3.05, 3.63) is 58.4 Å². The van der Waals surface area contributed by atoms with Crippen molar-refractivity contribution in [1.29, 1.82) is 0 Å². The maximum Gasteiger partial charge on any atom is 0.343 e. The number of ether oxygens (including phenoxy) is 1. The van der Waals surface area contributed by atoms with Gasteiger partial charge in [-0.1, -0.05) is 0 Å². The first-order valence-corrected chi connectivity index (χ1v) is 7.37. The quantitative estimate of drug-likeness (QED) is 0.658. The lowest BCUT2D eigenvalue weighted by molar-refractivity contribution is 0.0598. The van der Waals surface area contributed by atoms with Crippen molar-refractivity contribution >= 4 is 5.97 Å². The summed E-state index contributed by atoms with van der Waals surface area (Å²) in [5, 5.41) is 8.16. The van der Waals surface area contributed by atoms with Crippen LogP contribution < -0.4 is 5.56 Å². The van der Waals surface area contributed by atoms with Crippen LogP contribution in [0, 0.1) is 0 Å². The molecule has 3 aromatic heterocycles. The topological polar surface area (TPSA) is 91.9 Å². The Bertz CT molecular complexity index is 1010. The summed E-state index contributed by atoms with van der Waals surface area (Å²) < 4.78 is 32.4. The van der Waals surface area contributed by atoms with E-state index in [1.807, 2.05) is 0 Å². The third-order valence-corrected chi connectivity index (χ3v) is 3.56. The molecule has 134 valence electrons. The monoisotopic (exact) mass is 361 g/mol. The Kier molecular flexibility index (Phi) is 4.57. The Morgan fingerprint density at radius 2 is 2.04 bits per heavy atom. The van der Waals surface area contributed by atoms with Gasteiger partial charge in [0.25, 0.3) is 12.0 Å². The maximum atomic E-state index is 12.7. The van der Waals surface area contributed by atoms with Crippen LogP contribution in [0.3, 0.4) is 0 Å². The molecular formula is C16H13F2N5O3. The summed E-state index contributed by atoms with van der Waals surface area (Å²) in [6.45, 7) is 0. The molecule has 0 N–H and O–H groups in total. The number of esters is 1. The highest BCUT2D eigenvalue weighted by Gasteiger charge is 2.19. The van der Waals surface area contributed by atoms with E-state index in [9.17, 15) is 18.4 Å². The number of carbonyl (C=O) groups excluding carboxylic acids is 1. The normalized spacial score (nSPS) is 11.0. The van der Waals surface area contributed by atoms with Gasteiger partial charge in [-0.2, -0.15) is 14.9 Å². The van der Waals surface area contributed by atoms with Gasteiger partial charge in [-0.25, -0.2) is 13.6 Å². The molecule has 0 unspecified atom stereocenters. The van der Waals surface area contributed by atoms with Crippen molar-refractivity contribution in [2.24, 2.45) is 7.05 Å². The number of pyridine rings is 1. The Labute approximate surface area is 145 Å². The number of alkyl halides is 2. The number of hydrogen-bond acceptors (Lipinski definition) is 6. The lowest BCUT2D eigenvalue weighted by atomic mass is 10.1. The van der Waals surface area contributed by atoms with Crippen molar-refractivity contribution < 1.29 is 18.3 Å². The van der Waals surface area contributed by atoms with E-state index in [1.54, 1.807) is 7.05 Å². The lowest BCUT2D eigenvalue weighted by Crippen LogP contribution is -2.28. The number of rotatable bonds is 4. The number of carbonyl (C=O) groups is 1. The Balaban J connectivity index is 2.19. The van der Waals surface area contributed by atoms with Crippen molar-refractivity contribution in [1.82, 2.24) is 24.5 Å². The summed E-state index contributed by atoms with van der Waals surface area (Å²) in [5.41, 5.74) is -0.436. The molecule has 3 aromatic rings. The molecule has 0 atom stereocenters. The second kappa shape index (κ2) is 6.82. The predicted octanol–water partition coefficient (Wildman–Crippen LogP) is 1.75. The van der Waals surface area contributed by atoms with Gasteiger partial charge in [0.1, 0.15) is 16.9 Å². The summed E-state index contributed by atoms with van der Waals surface area (Å²) in [7, 11) is 2.81. The second-order valence-electron chi connectivity index (χ2n) is 5.30. The first-order valence-electron chi connectivity index (χ1n) is 7.37. The molecule has 0 aliphatic carbocycles. The summed E-state index contributed by atoms with van der Waals surface area (Å²) in [5.74, 6) is -0.839. The molecule has 0 aliphatic rings. The van der Waals surface area contributed by atoms with Gasteiger partial charge in [0.05, 0.1) is 25.2 Å². The Morgan fingerprint density at radius 3 is 2.58 bits per heavy atom. The van der Waals surface area contributed by atoms with E-state index in [1.165, 1.54) is 35.4 Å². The number of methoxy groups -OCH3 is 1. The van der Waals surface area contributed by atoms with Gasteiger partial charge in [-0.05, 0) is 18.2 Å². The molecule has 0 bridgehead atoms. The minimum absolute atomic E-state index is 0.196. The molecule has 3 heterocycles. The molecule has 26 heavy (non-hydrogen) atoms. The van der Waals surface area contributed by atoms with Crippen LogP contribution in [0.4, 0.5) is 8.78 Å². The van der Waals surface area contributed by atoms with Crippen LogP contribution in [-0.4, -0.2) is 37.6 Å². The fourth-order valence-corrected chi connectivity index (χ4v) is 2.27. The average Bonchev–Trinajstić information content (AvgIpc) is 3.07. The van der Waals surface area contributed by atoms with E-state index < -0.39 is 18.0 Å². The van der Waals surface area contributed by atoms with Gasteiger partial charge in [0.2, 0.25) is 0 Å². The molecular weight excluding hydrogens is 348 g/mol. The molecule has 10 heteroatoms. The Morgan fingerprint density at radius 1 is 1.27 bits per heavy atom. The molecule has 3 rings (SSSR count). The van der Waals surface area contributed by atoms with E-state index in [0.29, 0.717) is 11.3 Å². The number of aryl methyl sites for hydroxylation is 1. The number of aromatic nitrogens is 5. The van der Waals surface area contributed by atoms with Crippen LogP contribution in [0.25, 0.3) is 16.9 Å². The summed E-state index contributed by atoms with van der Waals surface area (Å²) >= 11 is 0. The third-order valence-electron chi connectivity index (χ3n) is 3.56. The molecule has 0 saturated carbocycles. The molecule has 0 amide bonds. The van der Waals surface area contributed by atoms with Gasteiger partial charge in [-0.15, -0.1) is 0 Å². The lowest BCUT2D eigenvalue weighted by Gasteiger charge is -2.09. The van der Waals surface area contributed by atoms with Gasteiger partial charge < -0.3 is 4.74 Å². The second-order valence-corrected chi connectivity index (χ2v) is 5.30. The molecule has 8 nitrogen and oxygen atoms in total. The zero-order valence-corrected chi connectivity index (χ0v) is 13.8. The first-order chi connectivity index (χ1) is 12.4. The van der Waals surface area contributed by atoms with E-state index in [2.05, 4.69) is 19.9 Å². The van der Waals surface area contributed by atoms with Crippen LogP contribution in [0.15, 0.2) is 41.6 Å². The van der Waals surface area contributed by atoms with Crippen LogP contribution in [0.2, 0.25) is 0 Å². The summed E-state index contributed by atoms with van der Waals surface area (Å²) in [4.78, 5) is 28.2. The largest absolute Gasteiger partial charge is 0.465 e. The SMILES string of the molecule is COC(=O)c1cc(-c2ccc(C(F)F)nc2)nn(-c2cnn(C)c2)c1=O. The molecule has 0 fully saturated rings. The fraction of sp³-hybridized carbons (Fsp3) is 0.188. The summed E-state index contributed by atoms with van der Waals surface area (Å²) in [6, 6.07) is 3.77. The minimum Gasteiger partial charge on any atom is -0.465 e. The highest BCUT2D eigenvalue weighted by atomic mass is 19.3. The van der Waals surface area contributed by atoms with Crippen molar-refractivity contribution in [2.75, 3.05) is 7.11 Å². The standard InChI is InChI=1S/C16H13F2N5O3/c1-22-8-10(7-20-22)23-15(24)11(16(25)26-2)5-13(21-23)9-3-4-12(14(17)18)19-6-9/h3-8,14H,1-2H3. The third kappa shape index (κ3) is 3.21. The van der Waals surface area contributed by atoms with Crippen molar-refractivity contribution in [3.8, 4) is 16.9 Å². The smallest absolute Gasteiger partial charge is 0.343 e. The number of hydrogen-bond donors (Lipinski definition) is 0. The minimum atomic E-state index is -2.70. The van der Waals surface area contributed by atoms with Crippen molar-refractivity contribution in [2.45, 2.75) is 6.43 Å². The van der Waals surface area contributed by atoms with Crippen LogP contribution in [0.5, 0.6) is 0 Å². The Hall–Kier alpha value is -3.43. The van der Waals surface area contributed by atoms with Gasteiger partial charge in [-0.3, -0.25) is 14.5 Å². The summed E-state index contributed by atoms with van der Waals surface area (Å²) in [6.07, 6.45) is 1.43. The number of halogens is 2. The van der Waals surface area contributed by atoms with E-state index >= 15 is 0 Å². The molecule has 0 saturated heterocycles. The zero-order valence-electron chi connectivity index (χ0n) is 13.8. The predicted molar refractivity (Wildman–Crippen MR) is 86.1 cm³/mol. The molecule has 0 spiro atoms. The van der Waals surface area contributed by atoms with Crippen LogP contribution in [-0.2, 0) is 11.8 Å². The zero-order chi connectivity index (χ0) is 18.8. The average molecular weight is 361 g/mol. The van der Waals surface area contributed by atoms with Crippen molar-refractivity contribution in [3.63, 3.8) is 0 Å². The molecule has 0 aliphatic heterocycles. The van der Waals surface area contributed by atoms with Gasteiger partial charge in [0, 0.05) is 18.8 Å². The van der Waals surface area contributed by atoms with Gasteiger partial charge in [0.15, 0.2) is 0 Å². The molecule has 0 radical (unpaired) electrons. The van der Waals surface area contributed by atoms with Crippen LogP contribution in [0.1, 0.15) is 22.5 Å². The van der Waals surface area contributed by atoms with Gasteiger partial charge >= 0.3 is 5.97 Å². The van der Waals surface area contributed by atoms with E-state index in [4.69, 9.17) is 0 Å². The first kappa shape index (κ1) is 17.4. The van der Waals surface area contributed by atoms with E-state index in [-0.39, 0.29) is 17.0 Å². The number of nitrogens with zero attached hydrogens (tertiary/aromatic N) is 5. The fourth-order valence-electron chi connectivity index (χ4n) is 2.27. The van der Waals surface area contributed by atoms with E-state index in [0.717, 1.165) is 17.9 Å². The maximum absolute atomic E-state index is 12.7. The van der Waals surface area contributed by atoms with Crippen LogP contribution >= 0.6 is 0 Å². The highest BCUT2D eigenvalue weighted by Crippen LogP contribution is 2.21. The highest BCUT2D eigenvalue weighted by molar-refractivity contribution is 5.90. The molecule has 0 aromatic carbocycles.